The monoisotopic (exact) mass is 336 g/mol. The van der Waals surface area contributed by atoms with E-state index >= 15 is 0 Å². The number of nitrogens with one attached hydrogen (secondary N) is 1. The highest BCUT2D eigenvalue weighted by molar-refractivity contribution is 5.97. The van der Waals surface area contributed by atoms with E-state index in [0.717, 1.165) is 36.3 Å². The van der Waals surface area contributed by atoms with Crippen molar-refractivity contribution in [3.8, 4) is 0 Å². The Kier molecular flexibility index (Phi) is 6.46. The van der Waals surface area contributed by atoms with Gasteiger partial charge in [0.1, 0.15) is 18.2 Å². The minimum Gasteiger partial charge on any atom is -0.354 e. The summed E-state index contributed by atoms with van der Waals surface area (Å²) in [5.74, 6) is -2.45. The maximum absolute atomic E-state index is 13.8. The first kappa shape index (κ1) is 18.1. The summed E-state index contributed by atoms with van der Waals surface area (Å²) in [4.78, 5) is 24.7. The number of rotatable bonds is 6. The maximum Gasteiger partial charge on any atom is 0.240 e. The number of anilines is 1. The van der Waals surface area contributed by atoms with Crippen LogP contribution in [0.15, 0.2) is 29.8 Å². The number of allylic oxidation sites excluding steroid dienone is 1. The Labute approximate surface area is 140 Å². The van der Waals surface area contributed by atoms with Crippen molar-refractivity contribution in [2.45, 2.75) is 39.0 Å². The average Bonchev–Trinajstić information content (AvgIpc) is 2.54. The molecule has 24 heavy (non-hydrogen) atoms. The predicted molar refractivity (Wildman–Crippen MR) is 88.6 cm³/mol. The zero-order valence-electron chi connectivity index (χ0n) is 13.8. The summed E-state index contributed by atoms with van der Waals surface area (Å²) in [6, 6.07) is 2.91. The SMILES string of the molecule is CC(=O)N(CC(=O)NCCC1=CCCCC1)c1ccc(F)cc1F. The fraction of sp³-hybridized carbons (Fsp3) is 0.444. The lowest BCUT2D eigenvalue weighted by molar-refractivity contribution is -0.123. The highest BCUT2D eigenvalue weighted by Gasteiger charge is 2.19. The summed E-state index contributed by atoms with van der Waals surface area (Å²) < 4.78 is 26.8. The first-order valence-electron chi connectivity index (χ1n) is 8.15. The van der Waals surface area contributed by atoms with Gasteiger partial charge >= 0.3 is 0 Å². The van der Waals surface area contributed by atoms with Crippen molar-refractivity contribution in [2.75, 3.05) is 18.0 Å². The molecule has 0 unspecified atom stereocenters. The van der Waals surface area contributed by atoms with Gasteiger partial charge in [-0.25, -0.2) is 8.78 Å². The number of nitrogens with zero attached hydrogens (tertiary/aromatic N) is 1. The molecule has 0 heterocycles. The third-order valence-corrected chi connectivity index (χ3v) is 4.04. The highest BCUT2D eigenvalue weighted by atomic mass is 19.1. The topological polar surface area (TPSA) is 49.4 Å². The van der Waals surface area contributed by atoms with Crippen LogP contribution in [-0.2, 0) is 9.59 Å². The first-order chi connectivity index (χ1) is 11.5. The summed E-state index contributed by atoms with van der Waals surface area (Å²) in [7, 11) is 0. The minimum absolute atomic E-state index is 0.103. The second-order valence-electron chi connectivity index (χ2n) is 5.91. The molecule has 1 aromatic carbocycles. The lowest BCUT2D eigenvalue weighted by Gasteiger charge is -2.21. The molecule has 0 bridgehead atoms. The van der Waals surface area contributed by atoms with Crippen LogP contribution in [-0.4, -0.2) is 24.9 Å². The Morgan fingerprint density at radius 2 is 2.04 bits per heavy atom. The van der Waals surface area contributed by atoms with Gasteiger partial charge in [-0.1, -0.05) is 11.6 Å². The van der Waals surface area contributed by atoms with Crippen molar-refractivity contribution in [1.29, 1.82) is 0 Å². The van der Waals surface area contributed by atoms with Gasteiger partial charge in [-0.2, -0.15) is 0 Å². The lowest BCUT2D eigenvalue weighted by Crippen LogP contribution is -2.40. The Hall–Kier alpha value is -2.24. The van der Waals surface area contributed by atoms with Crippen molar-refractivity contribution in [3.63, 3.8) is 0 Å². The molecule has 0 atom stereocenters. The number of halogens is 2. The molecule has 0 aliphatic heterocycles. The van der Waals surface area contributed by atoms with Crippen molar-refractivity contribution in [1.82, 2.24) is 5.32 Å². The van der Waals surface area contributed by atoms with E-state index in [1.807, 2.05) is 0 Å². The van der Waals surface area contributed by atoms with E-state index in [-0.39, 0.29) is 18.1 Å². The van der Waals surface area contributed by atoms with Crippen LogP contribution in [0, 0.1) is 11.6 Å². The van der Waals surface area contributed by atoms with Crippen LogP contribution in [0.3, 0.4) is 0 Å². The van der Waals surface area contributed by atoms with Crippen molar-refractivity contribution in [3.05, 3.63) is 41.5 Å². The van der Waals surface area contributed by atoms with Crippen LogP contribution in [0.1, 0.15) is 39.0 Å². The van der Waals surface area contributed by atoms with Crippen LogP contribution in [0.5, 0.6) is 0 Å². The van der Waals surface area contributed by atoms with E-state index in [9.17, 15) is 18.4 Å². The molecule has 2 rings (SSSR count). The summed E-state index contributed by atoms with van der Waals surface area (Å²) in [6.07, 6.45) is 7.55. The maximum atomic E-state index is 13.8. The van der Waals surface area contributed by atoms with Crippen molar-refractivity contribution in [2.24, 2.45) is 0 Å². The summed E-state index contributed by atoms with van der Waals surface area (Å²) >= 11 is 0. The minimum atomic E-state index is -0.870. The molecule has 1 N–H and O–H groups in total. The molecule has 4 nitrogen and oxygen atoms in total. The van der Waals surface area contributed by atoms with Crippen LogP contribution in [0.4, 0.5) is 14.5 Å². The molecule has 0 saturated carbocycles. The van der Waals surface area contributed by atoms with E-state index < -0.39 is 17.5 Å². The standard InChI is InChI=1S/C18H22F2N2O2/c1-13(23)22(17-8-7-15(19)11-16(17)20)12-18(24)21-10-9-14-5-3-2-4-6-14/h5,7-8,11H,2-4,6,9-10,12H2,1H3,(H,21,24). The van der Waals surface area contributed by atoms with Gasteiger partial charge in [0.15, 0.2) is 0 Å². The largest absolute Gasteiger partial charge is 0.354 e. The normalized spacial score (nSPS) is 14.0. The molecule has 0 aromatic heterocycles. The molecule has 1 aliphatic rings. The Morgan fingerprint density at radius 1 is 1.25 bits per heavy atom. The van der Waals surface area contributed by atoms with Gasteiger partial charge in [-0.05, 0) is 44.2 Å². The van der Waals surface area contributed by atoms with Gasteiger partial charge in [0.25, 0.3) is 0 Å². The van der Waals surface area contributed by atoms with E-state index in [0.29, 0.717) is 12.6 Å². The molecule has 1 aliphatic carbocycles. The van der Waals surface area contributed by atoms with Crippen LogP contribution in [0.2, 0.25) is 0 Å². The van der Waals surface area contributed by atoms with E-state index in [1.54, 1.807) is 0 Å². The Bertz CT molecular complexity index is 644. The molecular formula is C18H22F2N2O2. The molecule has 2 amide bonds. The van der Waals surface area contributed by atoms with Crippen LogP contribution in [0.25, 0.3) is 0 Å². The van der Waals surface area contributed by atoms with Crippen molar-refractivity contribution >= 4 is 17.5 Å². The van der Waals surface area contributed by atoms with E-state index in [2.05, 4.69) is 11.4 Å². The summed E-state index contributed by atoms with van der Waals surface area (Å²) in [5, 5.41) is 2.75. The second kappa shape index (κ2) is 8.57. The van der Waals surface area contributed by atoms with Crippen LogP contribution < -0.4 is 10.2 Å². The molecule has 0 radical (unpaired) electrons. The third-order valence-electron chi connectivity index (χ3n) is 4.04. The zero-order chi connectivity index (χ0) is 17.5. The number of benzene rings is 1. The second-order valence-corrected chi connectivity index (χ2v) is 5.91. The van der Waals surface area contributed by atoms with Gasteiger partial charge in [0.05, 0.1) is 5.69 Å². The molecular weight excluding hydrogens is 314 g/mol. The molecule has 0 fully saturated rings. The number of hydrogen-bond acceptors (Lipinski definition) is 2. The van der Waals surface area contributed by atoms with Gasteiger partial charge < -0.3 is 10.2 Å². The molecule has 0 saturated heterocycles. The van der Waals surface area contributed by atoms with Crippen molar-refractivity contribution < 1.29 is 18.4 Å². The van der Waals surface area contributed by atoms with E-state index in [1.165, 1.54) is 25.3 Å². The molecule has 6 heteroatoms. The molecule has 130 valence electrons. The van der Waals surface area contributed by atoms with Gasteiger partial charge in [0, 0.05) is 19.5 Å². The van der Waals surface area contributed by atoms with Gasteiger partial charge in [0.2, 0.25) is 11.8 Å². The predicted octanol–water partition coefficient (Wildman–Crippen LogP) is 3.32. The van der Waals surface area contributed by atoms with Gasteiger partial charge in [-0.15, -0.1) is 0 Å². The number of carbonyl (C=O) groups excluding carboxylic acids is 2. The van der Waals surface area contributed by atoms with E-state index in [4.69, 9.17) is 0 Å². The first-order valence-corrected chi connectivity index (χ1v) is 8.15. The number of carbonyl (C=O) groups is 2. The Morgan fingerprint density at radius 3 is 2.67 bits per heavy atom. The zero-order valence-corrected chi connectivity index (χ0v) is 13.8. The number of amides is 2. The van der Waals surface area contributed by atoms with Gasteiger partial charge in [-0.3, -0.25) is 9.59 Å². The summed E-state index contributed by atoms with van der Waals surface area (Å²) in [6.45, 7) is 1.43. The Balaban J connectivity index is 1.91. The molecule has 1 aromatic rings. The third kappa shape index (κ3) is 5.15. The fourth-order valence-electron chi connectivity index (χ4n) is 2.76. The summed E-state index contributed by atoms with van der Waals surface area (Å²) in [5.41, 5.74) is 1.24. The lowest BCUT2D eigenvalue weighted by atomic mass is 9.97. The van der Waals surface area contributed by atoms with Crippen LogP contribution >= 0.6 is 0 Å². The smallest absolute Gasteiger partial charge is 0.240 e. The fourth-order valence-corrected chi connectivity index (χ4v) is 2.76. The number of hydrogen-bond donors (Lipinski definition) is 1. The average molecular weight is 336 g/mol. The highest BCUT2D eigenvalue weighted by Crippen LogP contribution is 2.21. The molecule has 0 spiro atoms. The quantitative estimate of drug-likeness (QED) is 0.810.